The van der Waals surface area contributed by atoms with Crippen LogP contribution in [0.4, 0.5) is 0 Å². The fourth-order valence-electron chi connectivity index (χ4n) is 2.71. The Bertz CT molecular complexity index is 586. The van der Waals surface area contributed by atoms with Crippen molar-refractivity contribution in [2.45, 2.75) is 13.0 Å². The summed E-state index contributed by atoms with van der Waals surface area (Å²) in [5, 5.41) is 0.680. The van der Waals surface area contributed by atoms with Crippen molar-refractivity contribution >= 4 is 21.8 Å². The molecule has 23 heavy (non-hydrogen) atoms. The van der Waals surface area contributed by atoms with E-state index in [9.17, 15) is 8.42 Å². The van der Waals surface area contributed by atoms with Crippen LogP contribution in [-0.2, 0) is 10.2 Å². The van der Waals surface area contributed by atoms with Crippen LogP contribution in [0.2, 0.25) is 5.02 Å². The lowest BCUT2D eigenvalue weighted by Crippen LogP contribution is -2.49. The Morgan fingerprint density at radius 1 is 1.13 bits per heavy atom. The molecular formula is C15H25ClN4O2S. The maximum Gasteiger partial charge on any atom is 0.276 e. The third kappa shape index (κ3) is 5.70. The van der Waals surface area contributed by atoms with Crippen molar-refractivity contribution in [1.82, 2.24) is 19.2 Å². The maximum absolute atomic E-state index is 11.9. The van der Waals surface area contributed by atoms with Crippen LogP contribution in [0.5, 0.6) is 0 Å². The predicted molar refractivity (Wildman–Crippen MR) is 93.9 cm³/mol. The van der Waals surface area contributed by atoms with Gasteiger partial charge in [0.25, 0.3) is 10.2 Å². The van der Waals surface area contributed by atoms with Gasteiger partial charge in [0.1, 0.15) is 0 Å². The number of nitrogens with zero attached hydrogens (tertiary/aromatic N) is 2. The average molecular weight is 361 g/mol. The van der Waals surface area contributed by atoms with Crippen LogP contribution in [0.25, 0.3) is 0 Å². The van der Waals surface area contributed by atoms with E-state index in [-0.39, 0.29) is 6.04 Å². The van der Waals surface area contributed by atoms with Gasteiger partial charge in [0, 0.05) is 50.3 Å². The van der Waals surface area contributed by atoms with Crippen LogP contribution in [0.15, 0.2) is 24.3 Å². The molecule has 1 aliphatic heterocycles. The fourth-order valence-corrected chi connectivity index (χ4v) is 3.69. The number of hydrogen-bond donors (Lipinski definition) is 2. The molecule has 1 aromatic rings. The van der Waals surface area contributed by atoms with Crippen molar-refractivity contribution in [3.8, 4) is 0 Å². The second-order valence-corrected chi connectivity index (χ2v) is 7.78. The van der Waals surface area contributed by atoms with Gasteiger partial charge in [-0.25, -0.2) is 9.44 Å². The Morgan fingerprint density at radius 3 is 2.30 bits per heavy atom. The Balaban J connectivity index is 2.12. The fraction of sp³-hybridized carbons (Fsp3) is 0.600. The van der Waals surface area contributed by atoms with Gasteiger partial charge in [-0.3, -0.25) is 4.90 Å². The molecule has 0 radical (unpaired) electrons. The summed E-state index contributed by atoms with van der Waals surface area (Å²) in [6.45, 7) is 6.24. The van der Waals surface area contributed by atoms with Crippen LogP contribution >= 0.6 is 11.6 Å². The summed E-state index contributed by atoms with van der Waals surface area (Å²) in [5.41, 5.74) is 1.07. The molecule has 8 heteroatoms. The lowest BCUT2D eigenvalue weighted by atomic mass is 10.0. The van der Waals surface area contributed by atoms with Crippen molar-refractivity contribution in [2.24, 2.45) is 0 Å². The first-order chi connectivity index (χ1) is 10.9. The summed E-state index contributed by atoms with van der Waals surface area (Å²) in [6.07, 6.45) is 0. The topological polar surface area (TPSA) is 64.7 Å². The number of hydrogen-bond acceptors (Lipinski definition) is 4. The average Bonchev–Trinajstić information content (AvgIpc) is 2.51. The highest BCUT2D eigenvalue weighted by Gasteiger charge is 2.25. The molecule has 0 aromatic heterocycles. The summed E-state index contributed by atoms with van der Waals surface area (Å²) >= 11 is 5.97. The van der Waals surface area contributed by atoms with Crippen LogP contribution in [0.3, 0.4) is 0 Å². The molecule has 1 saturated heterocycles. The minimum absolute atomic E-state index is 0.00519. The molecular weight excluding hydrogens is 336 g/mol. The number of halogens is 1. The molecule has 0 bridgehead atoms. The summed E-state index contributed by atoms with van der Waals surface area (Å²) in [6, 6.07) is 7.62. The van der Waals surface area contributed by atoms with Crippen LogP contribution in [-0.4, -0.2) is 64.5 Å². The SMILES string of the molecule is CCNS(=O)(=O)NCC(c1ccc(Cl)cc1)N1CCN(C)CC1. The minimum atomic E-state index is -3.46. The van der Waals surface area contributed by atoms with Gasteiger partial charge in [0.15, 0.2) is 0 Å². The summed E-state index contributed by atoms with van der Waals surface area (Å²) in [5.74, 6) is 0. The zero-order valence-corrected chi connectivity index (χ0v) is 15.2. The Morgan fingerprint density at radius 2 is 1.74 bits per heavy atom. The normalized spacial score (nSPS) is 18.9. The number of benzene rings is 1. The molecule has 0 amide bonds. The first-order valence-electron chi connectivity index (χ1n) is 7.83. The highest BCUT2D eigenvalue weighted by atomic mass is 35.5. The zero-order chi connectivity index (χ0) is 16.9. The van der Waals surface area contributed by atoms with Gasteiger partial charge in [-0.1, -0.05) is 30.7 Å². The van der Waals surface area contributed by atoms with E-state index in [0.29, 0.717) is 18.1 Å². The smallest absolute Gasteiger partial charge is 0.276 e. The van der Waals surface area contributed by atoms with E-state index >= 15 is 0 Å². The van der Waals surface area contributed by atoms with E-state index in [1.54, 1.807) is 6.92 Å². The Hall–Kier alpha value is -0.700. The van der Waals surface area contributed by atoms with E-state index in [2.05, 4.69) is 26.3 Å². The van der Waals surface area contributed by atoms with Crippen LogP contribution < -0.4 is 9.44 Å². The van der Waals surface area contributed by atoms with Crippen molar-refractivity contribution in [2.75, 3.05) is 46.3 Å². The highest BCUT2D eigenvalue weighted by molar-refractivity contribution is 7.87. The molecule has 1 fully saturated rings. The van der Waals surface area contributed by atoms with Gasteiger partial charge in [-0.15, -0.1) is 0 Å². The quantitative estimate of drug-likeness (QED) is 0.763. The molecule has 0 aliphatic carbocycles. The summed E-state index contributed by atoms with van der Waals surface area (Å²) < 4.78 is 28.9. The van der Waals surface area contributed by atoms with Crippen molar-refractivity contribution < 1.29 is 8.42 Å². The van der Waals surface area contributed by atoms with Gasteiger partial charge in [-0.05, 0) is 24.7 Å². The van der Waals surface area contributed by atoms with E-state index in [1.807, 2.05) is 24.3 Å². The van der Waals surface area contributed by atoms with Crippen LogP contribution in [0.1, 0.15) is 18.5 Å². The molecule has 2 rings (SSSR count). The van der Waals surface area contributed by atoms with E-state index in [0.717, 1.165) is 31.7 Å². The number of rotatable bonds is 7. The molecule has 2 N–H and O–H groups in total. The molecule has 1 heterocycles. The number of nitrogens with one attached hydrogen (secondary N) is 2. The van der Waals surface area contributed by atoms with Gasteiger partial charge < -0.3 is 4.90 Å². The molecule has 6 nitrogen and oxygen atoms in total. The van der Waals surface area contributed by atoms with Crippen molar-refractivity contribution in [1.29, 1.82) is 0 Å². The Kier molecular flexibility index (Phi) is 6.82. The third-order valence-electron chi connectivity index (χ3n) is 4.03. The lowest BCUT2D eigenvalue weighted by molar-refractivity contribution is 0.113. The van der Waals surface area contributed by atoms with Crippen LogP contribution in [0, 0.1) is 0 Å². The Labute approximate surface area is 144 Å². The summed E-state index contributed by atoms with van der Waals surface area (Å²) in [4.78, 5) is 4.59. The highest BCUT2D eigenvalue weighted by Crippen LogP contribution is 2.23. The third-order valence-corrected chi connectivity index (χ3v) is 5.50. The van der Waals surface area contributed by atoms with Gasteiger partial charge >= 0.3 is 0 Å². The predicted octanol–water partition coefficient (Wildman–Crippen LogP) is 1.07. The standard InChI is InChI=1S/C15H25ClN4O2S/c1-3-17-23(21,22)18-12-15(13-4-6-14(16)7-5-13)20-10-8-19(2)9-11-20/h4-7,15,17-18H,3,8-12H2,1-2H3. The molecule has 1 unspecified atom stereocenters. The molecule has 0 saturated carbocycles. The molecule has 1 aliphatic rings. The molecule has 1 aromatic carbocycles. The number of likely N-dealkylation sites (N-methyl/N-ethyl adjacent to an activating group) is 1. The second-order valence-electron chi connectivity index (χ2n) is 5.76. The molecule has 130 valence electrons. The largest absolute Gasteiger partial charge is 0.304 e. The van der Waals surface area contributed by atoms with E-state index in [4.69, 9.17) is 11.6 Å². The first kappa shape index (κ1) is 18.6. The van der Waals surface area contributed by atoms with E-state index < -0.39 is 10.2 Å². The monoisotopic (exact) mass is 360 g/mol. The van der Waals surface area contributed by atoms with Gasteiger partial charge in [-0.2, -0.15) is 8.42 Å². The number of piperazine rings is 1. The molecule has 0 spiro atoms. The van der Waals surface area contributed by atoms with Gasteiger partial charge in [0.05, 0.1) is 0 Å². The first-order valence-corrected chi connectivity index (χ1v) is 9.69. The lowest BCUT2D eigenvalue weighted by Gasteiger charge is -2.38. The van der Waals surface area contributed by atoms with Crippen molar-refractivity contribution in [3.05, 3.63) is 34.9 Å². The summed E-state index contributed by atoms with van der Waals surface area (Å²) in [7, 11) is -1.36. The van der Waals surface area contributed by atoms with E-state index in [1.165, 1.54) is 0 Å². The zero-order valence-electron chi connectivity index (χ0n) is 13.6. The van der Waals surface area contributed by atoms with Crippen molar-refractivity contribution in [3.63, 3.8) is 0 Å². The van der Waals surface area contributed by atoms with Gasteiger partial charge in [0.2, 0.25) is 0 Å². The second kappa shape index (κ2) is 8.41. The maximum atomic E-state index is 11.9. The minimum Gasteiger partial charge on any atom is -0.304 e. The molecule has 1 atom stereocenters.